The van der Waals surface area contributed by atoms with Crippen LogP contribution in [0, 0.1) is 6.92 Å². The molecule has 0 saturated heterocycles. The van der Waals surface area contributed by atoms with Gasteiger partial charge in [-0.05, 0) is 38.1 Å². The molecule has 0 saturated carbocycles. The van der Waals surface area contributed by atoms with Gasteiger partial charge < -0.3 is 19.5 Å². The number of thiophene rings is 1. The van der Waals surface area contributed by atoms with Crippen molar-refractivity contribution in [1.82, 2.24) is 4.57 Å². The van der Waals surface area contributed by atoms with Crippen molar-refractivity contribution in [1.29, 1.82) is 0 Å². The van der Waals surface area contributed by atoms with E-state index in [-0.39, 0.29) is 24.5 Å². The van der Waals surface area contributed by atoms with E-state index in [1.54, 1.807) is 29.8 Å². The van der Waals surface area contributed by atoms with Crippen LogP contribution < -0.4 is 0 Å². The normalized spacial score (nSPS) is 11.5. The number of phenolic OH excluding ortho intramolecular Hbond substituents is 1. The van der Waals surface area contributed by atoms with Crippen molar-refractivity contribution in [3.63, 3.8) is 0 Å². The predicted molar refractivity (Wildman–Crippen MR) is 99.9 cm³/mol. The van der Waals surface area contributed by atoms with Crippen LogP contribution in [0.3, 0.4) is 0 Å². The molecule has 0 aliphatic heterocycles. The summed E-state index contributed by atoms with van der Waals surface area (Å²) in [4.78, 5) is 13.3. The Bertz CT molecular complexity index is 974. The zero-order chi connectivity index (χ0) is 18.7. The van der Waals surface area contributed by atoms with Gasteiger partial charge in [-0.2, -0.15) is 0 Å². The molecule has 0 spiro atoms. The maximum Gasteiger partial charge on any atom is 0.340 e. The Balaban J connectivity index is 2.14. The molecule has 0 amide bonds. The molecule has 3 rings (SSSR count). The van der Waals surface area contributed by atoms with Crippen molar-refractivity contribution in [3.8, 4) is 5.75 Å². The zero-order valence-electron chi connectivity index (χ0n) is 14.5. The summed E-state index contributed by atoms with van der Waals surface area (Å²) in [7, 11) is 0. The first-order chi connectivity index (χ1) is 12.5. The quantitative estimate of drug-likeness (QED) is 0.497. The van der Waals surface area contributed by atoms with Crippen LogP contribution in [-0.4, -0.2) is 34.0 Å². The Morgan fingerprint density at radius 2 is 2.15 bits per heavy atom. The fourth-order valence-electron chi connectivity index (χ4n) is 2.64. The van der Waals surface area contributed by atoms with E-state index in [0.29, 0.717) is 28.1 Å². The third-order valence-corrected chi connectivity index (χ3v) is 4.83. The van der Waals surface area contributed by atoms with Crippen LogP contribution in [0.4, 0.5) is 11.5 Å². The van der Waals surface area contributed by atoms with Gasteiger partial charge in [-0.1, -0.05) is 0 Å². The van der Waals surface area contributed by atoms with Crippen LogP contribution in [0.5, 0.6) is 5.75 Å². The summed E-state index contributed by atoms with van der Waals surface area (Å²) in [6.45, 7) is 4.24. The van der Waals surface area contributed by atoms with Gasteiger partial charge in [0.2, 0.25) is 0 Å². The lowest BCUT2D eigenvalue weighted by atomic mass is 10.1. The minimum absolute atomic E-state index is 0.00927. The van der Waals surface area contributed by atoms with E-state index in [1.807, 2.05) is 13.0 Å². The fourth-order valence-corrected chi connectivity index (χ4v) is 3.66. The first-order valence-electron chi connectivity index (χ1n) is 8.16. The number of nitrogens with zero attached hydrogens (tertiary/aromatic N) is 3. The summed E-state index contributed by atoms with van der Waals surface area (Å²) < 4.78 is 7.52. The van der Waals surface area contributed by atoms with Crippen molar-refractivity contribution in [2.45, 2.75) is 20.4 Å². The summed E-state index contributed by atoms with van der Waals surface area (Å²) in [5, 5.41) is 28.6. The van der Waals surface area contributed by atoms with Gasteiger partial charge in [0, 0.05) is 23.0 Å². The smallest absolute Gasteiger partial charge is 0.340 e. The molecule has 0 bridgehead atoms. The number of aromatic nitrogens is 1. The number of rotatable bonds is 6. The zero-order valence-corrected chi connectivity index (χ0v) is 15.3. The molecule has 2 heterocycles. The number of ether oxygens (including phenoxy) is 1. The van der Waals surface area contributed by atoms with Crippen LogP contribution >= 0.6 is 11.3 Å². The van der Waals surface area contributed by atoms with Gasteiger partial charge in [-0.25, -0.2) is 4.79 Å². The lowest BCUT2D eigenvalue weighted by molar-refractivity contribution is 0.0527. The average molecular weight is 373 g/mol. The molecule has 1 aromatic carbocycles. The number of fused-ring (bicyclic) bond motifs is 1. The predicted octanol–water partition coefficient (Wildman–Crippen LogP) is 4.30. The van der Waals surface area contributed by atoms with E-state index in [2.05, 4.69) is 10.2 Å². The van der Waals surface area contributed by atoms with Crippen molar-refractivity contribution in [2.75, 3.05) is 13.2 Å². The van der Waals surface area contributed by atoms with Gasteiger partial charge in [0.1, 0.15) is 11.4 Å². The minimum atomic E-state index is -0.560. The largest absolute Gasteiger partial charge is 0.507 e. The second kappa shape index (κ2) is 7.67. The molecule has 0 unspecified atom stereocenters. The van der Waals surface area contributed by atoms with Gasteiger partial charge in [-0.3, -0.25) is 0 Å². The van der Waals surface area contributed by atoms with Crippen LogP contribution in [0.2, 0.25) is 0 Å². The molecule has 7 nitrogen and oxygen atoms in total. The molecule has 26 heavy (non-hydrogen) atoms. The van der Waals surface area contributed by atoms with Crippen LogP contribution in [0.15, 0.2) is 40.7 Å². The maximum atomic E-state index is 12.3. The number of aromatic hydroxyl groups is 1. The molecule has 2 N–H and O–H groups in total. The summed E-state index contributed by atoms with van der Waals surface area (Å²) in [5.41, 5.74) is 0.536. The molecule has 2 aromatic heterocycles. The number of hydrogen-bond acceptors (Lipinski definition) is 7. The number of hydrogen-bond donors (Lipinski definition) is 2. The number of aliphatic hydroxyl groups excluding tert-OH is 1. The number of aliphatic hydroxyl groups is 1. The molecule has 3 aromatic rings. The van der Waals surface area contributed by atoms with E-state index in [4.69, 9.17) is 9.84 Å². The maximum absolute atomic E-state index is 12.3. The van der Waals surface area contributed by atoms with Gasteiger partial charge in [0.15, 0.2) is 5.82 Å². The Hall–Kier alpha value is -2.71. The highest BCUT2D eigenvalue weighted by Gasteiger charge is 2.20. The van der Waals surface area contributed by atoms with Gasteiger partial charge in [0.05, 0.1) is 23.5 Å². The number of carbonyl (C=O) groups excluding carboxylic acids is 1. The Morgan fingerprint density at radius 3 is 2.88 bits per heavy atom. The second-order valence-electron chi connectivity index (χ2n) is 5.60. The number of azo groups is 1. The van der Waals surface area contributed by atoms with Crippen molar-refractivity contribution in [2.24, 2.45) is 10.2 Å². The van der Waals surface area contributed by atoms with E-state index < -0.39 is 5.97 Å². The molecule has 0 radical (unpaired) electrons. The number of aryl methyl sites for hydroxylation is 1. The molecule has 136 valence electrons. The highest BCUT2D eigenvalue weighted by atomic mass is 32.1. The van der Waals surface area contributed by atoms with Gasteiger partial charge in [0.25, 0.3) is 0 Å². The van der Waals surface area contributed by atoms with Gasteiger partial charge >= 0.3 is 5.97 Å². The monoisotopic (exact) mass is 373 g/mol. The lowest BCUT2D eigenvalue weighted by Crippen LogP contribution is -2.05. The highest BCUT2D eigenvalue weighted by molar-refractivity contribution is 7.19. The molecule has 0 atom stereocenters. The van der Waals surface area contributed by atoms with Crippen LogP contribution in [-0.2, 0) is 11.3 Å². The van der Waals surface area contributed by atoms with E-state index in [0.717, 1.165) is 4.88 Å². The molecule has 8 heteroatoms. The van der Waals surface area contributed by atoms with Crippen molar-refractivity contribution >= 4 is 38.9 Å². The second-order valence-corrected chi connectivity index (χ2v) is 6.85. The van der Waals surface area contributed by atoms with E-state index in [1.165, 1.54) is 17.4 Å². The molecule has 0 aliphatic rings. The third-order valence-electron chi connectivity index (χ3n) is 3.78. The Kier molecular flexibility index (Phi) is 5.34. The lowest BCUT2D eigenvalue weighted by Gasteiger charge is -2.08. The minimum Gasteiger partial charge on any atom is -0.507 e. The Labute approximate surface area is 154 Å². The van der Waals surface area contributed by atoms with E-state index >= 15 is 0 Å². The van der Waals surface area contributed by atoms with E-state index in [9.17, 15) is 9.90 Å². The average Bonchev–Trinajstić information content (AvgIpc) is 3.21. The summed E-state index contributed by atoms with van der Waals surface area (Å²) in [6.07, 6.45) is 1.79. The first-order valence-corrected chi connectivity index (χ1v) is 8.97. The molecular weight excluding hydrogens is 354 g/mol. The number of benzene rings is 1. The van der Waals surface area contributed by atoms with Crippen LogP contribution in [0.25, 0.3) is 10.1 Å². The standard InChI is InChI=1S/C18H19N3O4S/c1-3-25-18(24)13-10-14(23)12-9-11(2)26-17(12)16(13)20-19-15-5-4-6-21(15)7-8-22/h4-6,9-10,22-23H,3,7-8H2,1-2H3. The molecule has 0 fully saturated rings. The summed E-state index contributed by atoms with van der Waals surface area (Å²) in [5.74, 6) is 0.00816. The number of carbonyl (C=O) groups is 1. The fraction of sp³-hybridized carbons (Fsp3) is 0.278. The number of phenols is 1. The van der Waals surface area contributed by atoms with Crippen LogP contribution in [0.1, 0.15) is 22.2 Å². The topological polar surface area (TPSA) is 96.4 Å². The SMILES string of the molecule is CCOC(=O)c1cc(O)c2cc(C)sc2c1N=Nc1cccn1CCO. The highest BCUT2D eigenvalue weighted by Crippen LogP contribution is 2.42. The summed E-state index contributed by atoms with van der Waals surface area (Å²) in [6, 6.07) is 6.78. The third kappa shape index (κ3) is 3.47. The molecular formula is C18H19N3O4S. The summed E-state index contributed by atoms with van der Waals surface area (Å²) >= 11 is 1.43. The van der Waals surface area contributed by atoms with Gasteiger partial charge in [-0.15, -0.1) is 21.6 Å². The first kappa shape index (κ1) is 18.1. The Morgan fingerprint density at radius 1 is 1.35 bits per heavy atom. The molecule has 0 aliphatic carbocycles. The van der Waals surface area contributed by atoms with Crippen molar-refractivity contribution in [3.05, 3.63) is 40.9 Å². The van der Waals surface area contributed by atoms with Crippen molar-refractivity contribution < 1.29 is 19.7 Å². The number of esters is 1.